The molecule has 0 radical (unpaired) electrons. The normalized spacial score (nSPS) is 18.9. The van der Waals surface area contributed by atoms with Gasteiger partial charge < -0.3 is 19.1 Å². The second-order valence-corrected chi connectivity index (χ2v) is 11.3. The standard InChI is InChI=1S/C26H33N3O6S/c1-33-23-10-8-20(16-25(23)36(31,32)27-21-5-3-2-4-6-21)26(30)29-13-11-28(12-14-29)17-19-7-9-22-24(15-19)35-18-34-22/h7-10,15-16,21,27H,2-6,11-14,17-18H2,1H3. The second-order valence-electron chi connectivity index (χ2n) is 9.58. The zero-order chi connectivity index (χ0) is 25.1. The lowest BCUT2D eigenvalue weighted by molar-refractivity contribution is 0.0628. The highest BCUT2D eigenvalue weighted by Crippen LogP contribution is 2.33. The number of rotatable bonds is 7. The number of piperazine rings is 1. The Morgan fingerprint density at radius 2 is 1.75 bits per heavy atom. The Labute approximate surface area is 212 Å². The number of ether oxygens (including phenoxy) is 3. The van der Waals surface area contributed by atoms with Crippen LogP contribution in [0.1, 0.15) is 48.0 Å². The summed E-state index contributed by atoms with van der Waals surface area (Å²) in [4.78, 5) is 17.4. The summed E-state index contributed by atoms with van der Waals surface area (Å²) in [6.45, 7) is 3.60. The van der Waals surface area contributed by atoms with Crippen LogP contribution in [0.4, 0.5) is 0 Å². The number of nitrogens with one attached hydrogen (secondary N) is 1. The average Bonchev–Trinajstić information content (AvgIpc) is 3.37. The molecule has 3 aliphatic rings. The first-order valence-electron chi connectivity index (χ1n) is 12.5. The highest BCUT2D eigenvalue weighted by Gasteiger charge is 2.28. The van der Waals surface area contributed by atoms with Gasteiger partial charge in [-0.1, -0.05) is 25.3 Å². The number of methoxy groups -OCH3 is 1. The highest BCUT2D eigenvalue weighted by atomic mass is 32.2. The largest absolute Gasteiger partial charge is 0.495 e. The monoisotopic (exact) mass is 515 g/mol. The fraction of sp³-hybridized carbons (Fsp3) is 0.500. The third-order valence-electron chi connectivity index (χ3n) is 7.13. The predicted octanol–water partition coefficient (Wildman–Crippen LogP) is 2.99. The van der Waals surface area contributed by atoms with E-state index in [0.717, 1.165) is 68.8 Å². The van der Waals surface area contributed by atoms with Gasteiger partial charge in [0.05, 0.1) is 7.11 Å². The van der Waals surface area contributed by atoms with Gasteiger partial charge in [-0.15, -0.1) is 0 Å². The van der Waals surface area contributed by atoms with E-state index >= 15 is 0 Å². The lowest BCUT2D eigenvalue weighted by Gasteiger charge is -2.35. The molecular weight excluding hydrogens is 482 g/mol. The van der Waals surface area contributed by atoms with Gasteiger partial charge >= 0.3 is 0 Å². The summed E-state index contributed by atoms with van der Waals surface area (Å²) in [5.74, 6) is 1.60. The van der Waals surface area contributed by atoms with Crippen molar-refractivity contribution in [1.29, 1.82) is 0 Å². The van der Waals surface area contributed by atoms with E-state index in [1.807, 2.05) is 18.2 Å². The van der Waals surface area contributed by atoms with Gasteiger partial charge in [-0.2, -0.15) is 0 Å². The van der Waals surface area contributed by atoms with Crippen molar-refractivity contribution in [2.24, 2.45) is 0 Å². The van der Waals surface area contributed by atoms with E-state index < -0.39 is 10.0 Å². The Bertz CT molecular complexity index is 1200. The molecule has 0 aromatic heterocycles. The Morgan fingerprint density at radius 3 is 2.50 bits per heavy atom. The molecule has 1 saturated heterocycles. The third-order valence-corrected chi connectivity index (χ3v) is 8.67. The second kappa shape index (κ2) is 10.7. The number of benzene rings is 2. The van der Waals surface area contributed by atoms with Crippen LogP contribution in [0.5, 0.6) is 17.2 Å². The van der Waals surface area contributed by atoms with E-state index in [0.29, 0.717) is 18.7 Å². The molecule has 0 atom stereocenters. The van der Waals surface area contributed by atoms with Crippen molar-refractivity contribution in [3.05, 3.63) is 47.5 Å². The van der Waals surface area contributed by atoms with Gasteiger partial charge in [0.15, 0.2) is 11.5 Å². The number of hydrogen-bond donors (Lipinski definition) is 1. The summed E-state index contributed by atoms with van der Waals surface area (Å²) >= 11 is 0. The average molecular weight is 516 g/mol. The summed E-state index contributed by atoms with van der Waals surface area (Å²) in [5.41, 5.74) is 1.48. The van der Waals surface area contributed by atoms with Crippen LogP contribution in [0, 0.1) is 0 Å². The first-order chi connectivity index (χ1) is 17.4. The van der Waals surface area contributed by atoms with Gasteiger partial charge in [0.2, 0.25) is 16.8 Å². The van der Waals surface area contributed by atoms with Crippen molar-refractivity contribution in [3.8, 4) is 17.2 Å². The Kier molecular flexibility index (Phi) is 7.36. The molecule has 2 fully saturated rings. The molecule has 10 heteroatoms. The van der Waals surface area contributed by atoms with Gasteiger partial charge in [-0.05, 0) is 48.7 Å². The molecule has 1 N–H and O–H groups in total. The maximum atomic E-state index is 13.3. The Morgan fingerprint density at radius 1 is 1.00 bits per heavy atom. The predicted molar refractivity (Wildman–Crippen MR) is 134 cm³/mol. The fourth-order valence-electron chi connectivity index (χ4n) is 5.11. The Hall–Kier alpha value is -2.82. The van der Waals surface area contributed by atoms with Gasteiger partial charge in [-0.3, -0.25) is 9.69 Å². The molecule has 1 aliphatic carbocycles. The van der Waals surface area contributed by atoms with Crippen molar-refractivity contribution in [1.82, 2.24) is 14.5 Å². The molecule has 194 valence electrons. The topological polar surface area (TPSA) is 97.4 Å². The molecule has 1 saturated carbocycles. The Balaban J connectivity index is 1.23. The third kappa shape index (κ3) is 5.45. The quantitative estimate of drug-likeness (QED) is 0.606. The molecule has 0 bridgehead atoms. The van der Waals surface area contributed by atoms with E-state index in [9.17, 15) is 13.2 Å². The summed E-state index contributed by atoms with van der Waals surface area (Å²) in [7, 11) is -2.37. The number of carbonyl (C=O) groups is 1. The van der Waals surface area contributed by atoms with Crippen molar-refractivity contribution in [3.63, 3.8) is 0 Å². The number of amides is 1. The molecule has 2 aromatic rings. The molecule has 36 heavy (non-hydrogen) atoms. The number of carbonyl (C=O) groups excluding carboxylic acids is 1. The SMILES string of the molecule is COc1ccc(C(=O)N2CCN(Cc3ccc4c(c3)OCO4)CC2)cc1S(=O)(=O)NC1CCCCC1. The molecule has 2 heterocycles. The van der Waals surface area contributed by atoms with E-state index in [4.69, 9.17) is 14.2 Å². The summed E-state index contributed by atoms with van der Waals surface area (Å²) < 4.78 is 45.4. The van der Waals surface area contributed by atoms with E-state index in [1.54, 1.807) is 17.0 Å². The van der Waals surface area contributed by atoms with Crippen LogP contribution in [0.15, 0.2) is 41.3 Å². The lowest BCUT2D eigenvalue weighted by atomic mass is 9.96. The molecular formula is C26H33N3O6S. The highest BCUT2D eigenvalue weighted by molar-refractivity contribution is 7.89. The van der Waals surface area contributed by atoms with Crippen LogP contribution in [-0.2, 0) is 16.6 Å². The van der Waals surface area contributed by atoms with Crippen molar-refractivity contribution in [2.75, 3.05) is 40.1 Å². The van der Waals surface area contributed by atoms with Crippen molar-refractivity contribution in [2.45, 2.75) is 49.6 Å². The maximum absolute atomic E-state index is 13.3. The van der Waals surface area contributed by atoms with Gasteiger partial charge in [-0.25, -0.2) is 13.1 Å². The van der Waals surface area contributed by atoms with Crippen LogP contribution in [0.25, 0.3) is 0 Å². The number of hydrogen-bond acceptors (Lipinski definition) is 7. The van der Waals surface area contributed by atoms with E-state index in [2.05, 4.69) is 9.62 Å². The first-order valence-corrected chi connectivity index (χ1v) is 14.0. The van der Waals surface area contributed by atoms with E-state index in [-0.39, 0.29) is 29.4 Å². The van der Waals surface area contributed by atoms with Gasteiger partial charge in [0.25, 0.3) is 5.91 Å². The number of fused-ring (bicyclic) bond motifs is 1. The smallest absolute Gasteiger partial charge is 0.253 e. The minimum atomic E-state index is -3.81. The summed E-state index contributed by atoms with van der Waals surface area (Å²) in [6, 6.07) is 10.5. The van der Waals surface area contributed by atoms with Crippen LogP contribution in [0.2, 0.25) is 0 Å². The molecule has 5 rings (SSSR count). The lowest BCUT2D eigenvalue weighted by Crippen LogP contribution is -2.48. The molecule has 0 unspecified atom stereocenters. The minimum Gasteiger partial charge on any atom is -0.495 e. The molecule has 0 spiro atoms. The maximum Gasteiger partial charge on any atom is 0.253 e. The van der Waals surface area contributed by atoms with Crippen molar-refractivity contribution < 1.29 is 27.4 Å². The van der Waals surface area contributed by atoms with Crippen LogP contribution in [0.3, 0.4) is 0 Å². The molecule has 2 aromatic carbocycles. The van der Waals surface area contributed by atoms with Crippen LogP contribution < -0.4 is 18.9 Å². The van der Waals surface area contributed by atoms with E-state index in [1.165, 1.54) is 13.2 Å². The fourth-order valence-corrected chi connectivity index (χ4v) is 6.61. The van der Waals surface area contributed by atoms with Gasteiger partial charge in [0, 0.05) is 44.3 Å². The first kappa shape index (κ1) is 24.9. The molecule has 1 amide bonds. The number of sulfonamides is 1. The van der Waals surface area contributed by atoms with Gasteiger partial charge in [0.1, 0.15) is 10.6 Å². The molecule has 2 aliphatic heterocycles. The summed E-state index contributed by atoms with van der Waals surface area (Å²) in [6.07, 6.45) is 4.83. The number of nitrogens with zero attached hydrogens (tertiary/aromatic N) is 2. The molecule has 9 nitrogen and oxygen atoms in total. The zero-order valence-corrected chi connectivity index (χ0v) is 21.4. The summed E-state index contributed by atoms with van der Waals surface area (Å²) in [5, 5.41) is 0. The van der Waals surface area contributed by atoms with Crippen LogP contribution >= 0.6 is 0 Å². The minimum absolute atomic E-state index is 0.0165. The van der Waals surface area contributed by atoms with Crippen molar-refractivity contribution >= 4 is 15.9 Å². The zero-order valence-electron chi connectivity index (χ0n) is 20.6. The van der Waals surface area contributed by atoms with Crippen LogP contribution in [-0.4, -0.2) is 70.2 Å².